The Kier molecular flexibility index (Phi) is 30.6. The van der Waals surface area contributed by atoms with Crippen molar-refractivity contribution in [3.8, 4) is 0 Å². The van der Waals surface area contributed by atoms with E-state index in [1.165, 1.54) is 78.1 Å². The van der Waals surface area contributed by atoms with Crippen molar-refractivity contribution in [3.05, 3.63) is 23.3 Å². The van der Waals surface area contributed by atoms with Crippen molar-refractivity contribution in [3.63, 3.8) is 0 Å². The van der Waals surface area contributed by atoms with E-state index in [-0.39, 0.29) is 32.3 Å². The molecule has 0 rings (SSSR count). The summed E-state index contributed by atoms with van der Waals surface area (Å²) in [5.74, 6) is -4.90. The van der Waals surface area contributed by atoms with Gasteiger partial charge >= 0.3 is 145 Å². The van der Waals surface area contributed by atoms with Gasteiger partial charge in [0.05, 0.1) is 0 Å². The molecule has 0 aromatic rings. The zero-order chi connectivity index (χ0) is 27.5. The summed E-state index contributed by atoms with van der Waals surface area (Å²) >= 11 is 0.0736. The fourth-order valence-corrected chi connectivity index (χ4v) is 6.25. The van der Waals surface area contributed by atoms with Crippen LogP contribution in [0.2, 0.25) is 8.87 Å². The number of hydrogen-bond acceptors (Lipinski definition) is 4. The van der Waals surface area contributed by atoms with Gasteiger partial charge in [-0.1, -0.05) is 0 Å². The van der Waals surface area contributed by atoms with Crippen LogP contribution in [-0.2, 0) is 19.2 Å². The van der Waals surface area contributed by atoms with E-state index in [4.69, 9.17) is 20.4 Å². The molecule has 9 heteroatoms. The molecule has 0 unspecified atom stereocenters. The zero-order valence-corrected chi connectivity index (χ0v) is 24.8. The molecule has 0 spiro atoms. The molecule has 0 aliphatic rings. The van der Waals surface area contributed by atoms with E-state index < -0.39 is 23.9 Å². The molecule has 0 atom stereocenters. The standard InChI is InChI=1S/2C8H17.2C5H6O4.Sn/c2*1-3-5-7-8-6-4-2;2*1-3(5(8)9)2-4(6)7;/h2*1,3-8H2,2H3;2*2H,1H3,(H,6,7)(H,8,9);/b;;2*3-2-;. The second-order valence-electron chi connectivity index (χ2n) is 8.23. The third-order valence-corrected chi connectivity index (χ3v) is 8.81. The van der Waals surface area contributed by atoms with Crippen LogP contribution in [0.25, 0.3) is 0 Å². The summed E-state index contributed by atoms with van der Waals surface area (Å²) in [5.41, 5.74) is -0.356. The van der Waals surface area contributed by atoms with Crippen molar-refractivity contribution >= 4 is 45.0 Å². The van der Waals surface area contributed by atoms with E-state index in [9.17, 15) is 19.2 Å². The molecule has 0 amide bonds. The maximum absolute atomic E-state index is 9.90. The Hall–Kier alpha value is -1.84. The summed E-state index contributed by atoms with van der Waals surface area (Å²) in [6, 6.07) is 0. The van der Waals surface area contributed by atoms with Crippen LogP contribution >= 0.6 is 0 Å². The topological polar surface area (TPSA) is 149 Å². The Bertz CT molecular complexity index is 587. The Morgan fingerprint density at radius 1 is 0.543 bits per heavy atom. The Morgan fingerprint density at radius 2 is 0.829 bits per heavy atom. The fraction of sp³-hybridized carbons (Fsp3) is 0.692. The molecule has 0 fully saturated rings. The first-order valence-electron chi connectivity index (χ1n) is 12.5. The molecule has 0 aromatic carbocycles. The average Bonchev–Trinajstić information content (AvgIpc) is 2.77. The fourth-order valence-electron chi connectivity index (χ4n) is 2.68. The van der Waals surface area contributed by atoms with Gasteiger partial charge in [-0.15, -0.1) is 0 Å². The van der Waals surface area contributed by atoms with Gasteiger partial charge in [0.15, 0.2) is 0 Å². The van der Waals surface area contributed by atoms with Crippen molar-refractivity contribution in [2.24, 2.45) is 0 Å². The van der Waals surface area contributed by atoms with Crippen LogP contribution in [0.4, 0.5) is 0 Å². The molecular weight excluding hydrogens is 559 g/mol. The number of carbonyl (C=O) groups is 4. The van der Waals surface area contributed by atoms with Gasteiger partial charge < -0.3 is 20.4 Å². The quantitative estimate of drug-likeness (QED) is 0.0791. The summed E-state index contributed by atoms with van der Waals surface area (Å²) in [6.07, 6.45) is 19.1. The zero-order valence-electron chi connectivity index (χ0n) is 22.0. The maximum atomic E-state index is 9.90. The molecule has 0 heterocycles. The SMILES string of the molecule is C/C(=C/C(=O)O)C(=O)O.C/C(=C/C(=O)O)C(=O)O.CCCCCCC[CH2][Sn][CH2]CCCCCCC. The van der Waals surface area contributed by atoms with Crippen molar-refractivity contribution < 1.29 is 39.6 Å². The van der Waals surface area contributed by atoms with Crippen LogP contribution in [-0.4, -0.2) is 65.4 Å². The molecule has 0 aliphatic heterocycles. The second-order valence-corrected chi connectivity index (χ2v) is 12.5. The Morgan fingerprint density at radius 3 is 1.06 bits per heavy atom. The molecule has 4 N–H and O–H groups in total. The van der Waals surface area contributed by atoms with E-state index in [1.54, 1.807) is 21.7 Å². The average molecular weight is 605 g/mol. The van der Waals surface area contributed by atoms with Crippen molar-refractivity contribution in [1.82, 2.24) is 0 Å². The first-order valence-corrected chi connectivity index (χ1v) is 16.5. The second kappa shape index (κ2) is 28.4. The molecule has 0 bridgehead atoms. The molecule has 0 aliphatic carbocycles. The van der Waals surface area contributed by atoms with Crippen LogP contribution in [0.15, 0.2) is 23.3 Å². The Balaban J connectivity index is -0.000000481. The summed E-state index contributed by atoms with van der Waals surface area (Å²) < 4.78 is 3.31. The third kappa shape index (κ3) is 36.9. The number of unbranched alkanes of at least 4 members (excludes halogenated alkanes) is 10. The van der Waals surface area contributed by atoms with E-state index >= 15 is 0 Å². The van der Waals surface area contributed by atoms with Crippen LogP contribution in [0.5, 0.6) is 0 Å². The molecule has 0 aromatic heterocycles. The van der Waals surface area contributed by atoms with E-state index in [2.05, 4.69) is 13.8 Å². The number of aliphatic carboxylic acids is 4. The molecule has 0 saturated carbocycles. The molecule has 35 heavy (non-hydrogen) atoms. The van der Waals surface area contributed by atoms with Crippen molar-refractivity contribution in [1.29, 1.82) is 0 Å². The third-order valence-electron chi connectivity index (χ3n) is 4.77. The van der Waals surface area contributed by atoms with Gasteiger partial charge in [0, 0.05) is 23.3 Å². The summed E-state index contributed by atoms with van der Waals surface area (Å²) in [7, 11) is 0. The van der Waals surface area contributed by atoms with Gasteiger partial charge in [-0.3, -0.25) is 0 Å². The van der Waals surface area contributed by atoms with Crippen LogP contribution < -0.4 is 0 Å². The Labute approximate surface area is 221 Å². The number of hydrogen-bond donors (Lipinski definition) is 4. The molecular formula is C26H46O8Sn. The number of carboxylic acid groups (broad SMARTS) is 4. The predicted molar refractivity (Wildman–Crippen MR) is 140 cm³/mol. The van der Waals surface area contributed by atoms with E-state index in [0.29, 0.717) is 12.2 Å². The molecule has 202 valence electrons. The first kappa shape index (κ1) is 37.7. The minimum absolute atomic E-state index is 0.0736. The molecule has 8 nitrogen and oxygen atoms in total. The van der Waals surface area contributed by atoms with Gasteiger partial charge in [0.1, 0.15) is 0 Å². The van der Waals surface area contributed by atoms with E-state index in [0.717, 1.165) is 0 Å². The van der Waals surface area contributed by atoms with Crippen LogP contribution in [0.1, 0.15) is 105 Å². The summed E-state index contributed by atoms with van der Waals surface area (Å²) in [6.45, 7) is 7.04. The van der Waals surface area contributed by atoms with Crippen molar-refractivity contribution in [2.75, 3.05) is 0 Å². The van der Waals surface area contributed by atoms with Crippen LogP contribution in [0.3, 0.4) is 0 Å². The van der Waals surface area contributed by atoms with E-state index in [1.807, 2.05) is 0 Å². The normalized spacial score (nSPS) is 11.0. The summed E-state index contributed by atoms with van der Waals surface area (Å²) in [5, 5.41) is 32.2. The van der Waals surface area contributed by atoms with Gasteiger partial charge in [-0.2, -0.15) is 0 Å². The van der Waals surface area contributed by atoms with Crippen molar-refractivity contribution in [2.45, 2.75) is 114 Å². The first-order chi connectivity index (χ1) is 16.5. The molecule has 2 radical (unpaired) electrons. The van der Waals surface area contributed by atoms with Gasteiger partial charge in [0.25, 0.3) is 0 Å². The minimum atomic E-state index is -1.24. The monoisotopic (exact) mass is 606 g/mol. The summed E-state index contributed by atoms with van der Waals surface area (Å²) in [4.78, 5) is 39.4. The van der Waals surface area contributed by atoms with Gasteiger partial charge in [0.2, 0.25) is 0 Å². The molecule has 0 saturated heterocycles. The van der Waals surface area contributed by atoms with Crippen LogP contribution in [0, 0.1) is 0 Å². The van der Waals surface area contributed by atoms with Gasteiger partial charge in [-0.25, -0.2) is 19.2 Å². The number of carboxylic acids is 4. The van der Waals surface area contributed by atoms with Gasteiger partial charge in [-0.05, 0) is 13.8 Å². The predicted octanol–water partition coefficient (Wildman–Crippen LogP) is 6.45. The number of rotatable bonds is 18.